The van der Waals surface area contributed by atoms with Gasteiger partial charge in [-0.2, -0.15) is 0 Å². The fourth-order valence-corrected chi connectivity index (χ4v) is 2.65. The number of amides is 1. The SMILES string of the molecule is COc1cccc(-c2nnsc2C(=O)Nc2ccc(F)cc2F)c1. The molecule has 0 aliphatic heterocycles. The second-order valence-electron chi connectivity index (χ2n) is 4.76. The average Bonchev–Trinajstić information content (AvgIpc) is 3.07. The highest BCUT2D eigenvalue weighted by Gasteiger charge is 2.19. The van der Waals surface area contributed by atoms with Crippen molar-refractivity contribution < 1.29 is 18.3 Å². The number of methoxy groups -OCH3 is 1. The summed E-state index contributed by atoms with van der Waals surface area (Å²) < 4.78 is 35.5. The molecule has 1 aromatic heterocycles. The van der Waals surface area contributed by atoms with Crippen molar-refractivity contribution in [3.05, 3.63) is 59.0 Å². The molecule has 24 heavy (non-hydrogen) atoms. The van der Waals surface area contributed by atoms with Crippen LogP contribution in [0.1, 0.15) is 9.67 Å². The molecule has 0 aliphatic rings. The lowest BCUT2D eigenvalue weighted by molar-refractivity contribution is 0.103. The van der Waals surface area contributed by atoms with Gasteiger partial charge in [0.25, 0.3) is 5.91 Å². The molecule has 0 saturated heterocycles. The molecular weight excluding hydrogens is 336 g/mol. The number of ether oxygens (including phenoxy) is 1. The molecule has 0 radical (unpaired) electrons. The fourth-order valence-electron chi connectivity index (χ4n) is 2.07. The number of benzene rings is 2. The maximum absolute atomic E-state index is 13.7. The highest BCUT2D eigenvalue weighted by molar-refractivity contribution is 7.08. The van der Waals surface area contributed by atoms with E-state index < -0.39 is 17.5 Å². The van der Waals surface area contributed by atoms with Crippen molar-refractivity contribution in [3.63, 3.8) is 0 Å². The molecule has 8 heteroatoms. The van der Waals surface area contributed by atoms with Gasteiger partial charge in [0.2, 0.25) is 0 Å². The Hall–Kier alpha value is -2.87. The summed E-state index contributed by atoms with van der Waals surface area (Å²) >= 11 is 0.884. The zero-order valence-electron chi connectivity index (χ0n) is 12.4. The van der Waals surface area contributed by atoms with Gasteiger partial charge in [-0.1, -0.05) is 16.6 Å². The van der Waals surface area contributed by atoms with Gasteiger partial charge in [-0.05, 0) is 35.8 Å². The van der Waals surface area contributed by atoms with Gasteiger partial charge in [-0.15, -0.1) is 5.10 Å². The number of anilines is 1. The Kier molecular flexibility index (Phi) is 4.48. The molecule has 0 fully saturated rings. The van der Waals surface area contributed by atoms with E-state index in [2.05, 4.69) is 14.9 Å². The monoisotopic (exact) mass is 347 g/mol. The normalized spacial score (nSPS) is 10.5. The second kappa shape index (κ2) is 6.71. The van der Waals surface area contributed by atoms with Gasteiger partial charge in [0.15, 0.2) is 0 Å². The van der Waals surface area contributed by atoms with Gasteiger partial charge in [0.05, 0.1) is 12.8 Å². The van der Waals surface area contributed by atoms with Crippen molar-refractivity contribution in [1.82, 2.24) is 9.59 Å². The van der Waals surface area contributed by atoms with Crippen LogP contribution in [0.15, 0.2) is 42.5 Å². The molecule has 0 aliphatic carbocycles. The zero-order valence-corrected chi connectivity index (χ0v) is 13.2. The molecular formula is C16H11F2N3O2S. The maximum Gasteiger partial charge on any atom is 0.269 e. The number of carbonyl (C=O) groups excluding carboxylic acids is 1. The minimum Gasteiger partial charge on any atom is -0.497 e. The first-order valence-corrected chi connectivity index (χ1v) is 7.59. The first-order chi connectivity index (χ1) is 11.6. The van der Waals surface area contributed by atoms with Crippen LogP contribution in [-0.2, 0) is 0 Å². The third-order valence-electron chi connectivity index (χ3n) is 3.22. The predicted octanol–water partition coefficient (Wildman–Crippen LogP) is 3.74. The van der Waals surface area contributed by atoms with E-state index in [-0.39, 0.29) is 10.6 Å². The third-order valence-corrected chi connectivity index (χ3v) is 3.94. The number of hydrogen-bond donors (Lipinski definition) is 1. The molecule has 1 heterocycles. The molecule has 1 N–H and O–H groups in total. The summed E-state index contributed by atoms with van der Waals surface area (Å²) in [5.41, 5.74) is 0.887. The highest BCUT2D eigenvalue weighted by Crippen LogP contribution is 2.28. The van der Waals surface area contributed by atoms with E-state index in [9.17, 15) is 13.6 Å². The Morgan fingerprint density at radius 2 is 2.04 bits per heavy atom. The summed E-state index contributed by atoms with van der Waals surface area (Å²) in [6.45, 7) is 0. The Morgan fingerprint density at radius 3 is 2.79 bits per heavy atom. The van der Waals surface area contributed by atoms with Gasteiger partial charge in [0, 0.05) is 11.6 Å². The average molecular weight is 347 g/mol. The number of aromatic nitrogens is 2. The second-order valence-corrected chi connectivity index (χ2v) is 5.52. The van der Waals surface area contributed by atoms with Gasteiger partial charge in [-0.3, -0.25) is 4.79 Å². The van der Waals surface area contributed by atoms with Crippen molar-refractivity contribution in [2.75, 3.05) is 12.4 Å². The van der Waals surface area contributed by atoms with Crippen LogP contribution in [-0.4, -0.2) is 22.6 Å². The molecule has 0 unspecified atom stereocenters. The molecule has 3 rings (SSSR count). The van der Waals surface area contributed by atoms with Crippen molar-refractivity contribution >= 4 is 23.1 Å². The van der Waals surface area contributed by atoms with Crippen LogP contribution >= 0.6 is 11.5 Å². The van der Waals surface area contributed by atoms with Crippen LogP contribution < -0.4 is 10.1 Å². The van der Waals surface area contributed by atoms with E-state index in [4.69, 9.17) is 4.74 Å². The summed E-state index contributed by atoms with van der Waals surface area (Å²) in [5, 5.41) is 6.36. The van der Waals surface area contributed by atoms with Crippen molar-refractivity contribution in [2.45, 2.75) is 0 Å². The summed E-state index contributed by atoms with van der Waals surface area (Å²) in [7, 11) is 1.53. The lowest BCUT2D eigenvalue weighted by Crippen LogP contribution is -2.12. The van der Waals surface area contributed by atoms with Crippen molar-refractivity contribution in [3.8, 4) is 17.0 Å². The summed E-state index contributed by atoms with van der Waals surface area (Å²) in [4.78, 5) is 12.6. The molecule has 122 valence electrons. The zero-order chi connectivity index (χ0) is 17.1. The van der Waals surface area contributed by atoms with Crippen LogP contribution in [0.4, 0.5) is 14.5 Å². The number of hydrogen-bond acceptors (Lipinski definition) is 5. The minimum absolute atomic E-state index is 0.119. The number of nitrogens with zero attached hydrogens (tertiary/aromatic N) is 2. The van der Waals surface area contributed by atoms with Gasteiger partial charge < -0.3 is 10.1 Å². The molecule has 0 spiro atoms. The Labute approximate surface area is 140 Å². The molecule has 0 atom stereocenters. The Morgan fingerprint density at radius 1 is 1.21 bits per heavy atom. The van der Waals surface area contributed by atoms with E-state index in [1.165, 1.54) is 7.11 Å². The molecule has 2 aromatic carbocycles. The van der Waals surface area contributed by atoms with Crippen LogP contribution in [0.3, 0.4) is 0 Å². The number of carbonyl (C=O) groups is 1. The number of halogens is 2. The van der Waals surface area contributed by atoms with Crippen LogP contribution in [0.5, 0.6) is 5.75 Å². The van der Waals surface area contributed by atoms with Crippen LogP contribution in [0, 0.1) is 11.6 Å². The van der Waals surface area contributed by atoms with Crippen LogP contribution in [0.2, 0.25) is 0 Å². The Balaban J connectivity index is 1.90. The largest absolute Gasteiger partial charge is 0.497 e. The molecule has 3 aromatic rings. The quantitative estimate of drug-likeness (QED) is 0.781. The van der Waals surface area contributed by atoms with Gasteiger partial charge in [-0.25, -0.2) is 8.78 Å². The van der Waals surface area contributed by atoms with E-state index >= 15 is 0 Å². The predicted molar refractivity (Wildman–Crippen MR) is 86.2 cm³/mol. The van der Waals surface area contributed by atoms with Gasteiger partial charge >= 0.3 is 0 Å². The van der Waals surface area contributed by atoms with E-state index in [1.54, 1.807) is 24.3 Å². The molecule has 5 nitrogen and oxygen atoms in total. The summed E-state index contributed by atoms with van der Waals surface area (Å²) in [6.07, 6.45) is 0. The van der Waals surface area contributed by atoms with E-state index in [0.29, 0.717) is 23.1 Å². The third kappa shape index (κ3) is 3.23. The smallest absolute Gasteiger partial charge is 0.269 e. The van der Waals surface area contributed by atoms with Crippen molar-refractivity contribution in [1.29, 1.82) is 0 Å². The van der Waals surface area contributed by atoms with E-state index in [1.807, 2.05) is 0 Å². The Bertz CT molecular complexity index is 899. The topological polar surface area (TPSA) is 64.1 Å². The first-order valence-electron chi connectivity index (χ1n) is 6.81. The van der Waals surface area contributed by atoms with Gasteiger partial charge in [0.1, 0.15) is 28.0 Å². The minimum atomic E-state index is -0.858. The standard InChI is InChI=1S/C16H11F2N3O2S/c1-23-11-4-2-3-9(7-11)14-15(24-21-20-14)16(22)19-13-6-5-10(17)8-12(13)18/h2-8H,1H3,(H,19,22). The maximum atomic E-state index is 13.7. The first kappa shape index (κ1) is 16.0. The summed E-state index contributed by atoms with van der Waals surface area (Å²) in [5.74, 6) is -1.55. The molecule has 0 bridgehead atoms. The number of nitrogens with one attached hydrogen (secondary N) is 1. The lowest BCUT2D eigenvalue weighted by atomic mass is 10.1. The van der Waals surface area contributed by atoms with Crippen LogP contribution in [0.25, 0.3) is 11.3 Å². The highest BCUT2D eigenvalue weighted by atomic mass is 32.1. The lowest BCUT2D eigenvalue weighted by Gasteiger charge is -2.06. The number of rotatable bonds is 4. The van der Waals surface area contributed by atoms with E-state index in [0.717, 1.165) is 23.7 Å². The fraction of sp³-hybridized carbons (Fsp3) is 0.0625. The molecule has 1 amide bonds. The summed E-state index contributed by atoms with van der Waals surface area (Å²) in [6, 6.07) is 9.91. The molecule has 0 saturated carbocycles. The van der Waals surface area contributed by atoms with Crippen molar-refractivity contribution in [2.24, 2.45) is 0 Å².